The van der Waals surface area contributed by atoms with Crippen LogP contribution in [-0.2, 0) is 11.2 Å². The van der Waals surface area contributed by atoms with Crippen LogP contribution in [0.15, 0.2) is 59.9 Å². The number of hydrogen-bond acceptors (Lipinski definition) is 3. The predicted octanol–water partition coefficient (Wildman–Crippen LogP) is 3.70. The predicted molar refractivity (Wildman–Crippen MR) is 141 cm³/mol. The van der Waals surface area contributed by atoms with Gasteiger partial charge in [-0.25, -0.2) is 0 Å². The van der Waals surface area contributed by atoms with Crippen molar-refractivity contribution in [1.29, 1.82) is 0 Å². The zero-order chi connectivity index (χ0) is 22.1. The maximum Gasteiger partial charge on any atom is 0.223 e. The van der Waals surface area contributed by atoms with Crippen LogP contribution in [0.1, 0.15) is 37.3 Å². The third-order valence-electron chi connectivity index (χ3n) is 6.00. The molecule has 2 aromatic rings. The van der Waals surface area contributed by atoms with Gasteiger partial charge in [0.1, 0.15) is 0 Å². The summed E-state index contributed by atoms with van der Waals surface area (Å²) >= 11 is 0. The van der Waals surface area contributed by atoms with Gasteiger partial charge in [0.2, 0.25) is 5.91 Å². The fourth-order valence-electron chi connectivity index (χ4n) is 4.12. The SMILES string of the molecule is CN=C(NCC1CC(=O)N(CCc2ccccc2)C1)NCC(c1cccnc1)C(C)C.I. The van der Waals surface area contributed by atoms with Crippen LogP contribution in [0.25, 0.3) is 0 Å². The molecule has 0 aliphatic carbocycles. The second kappa shape index (κ2) is 13.4. The number of amides is 1. The lowest BCUT2D eigenvalue weighted by Gasteiger charge is -2.23. The molecule has 0 bridgehead atoms. The summed E-state index contributed by atoms with van der Waals surface area (Å²) in [5.41, 5.74) is 2.51. The zero-order valence-corrected chi connectivity index (χ0v) is 21.7. The molecule has 3 rings (SSSR count). The van der Waals surface area contributed by atoms with E-state index >= 15 is 0 Å². The number of guanidine groups is 1. The van der Waals surface area contributed by atoms with Crippen LogP contribution in [0, 0.1) is 11.8 Å². The molecule has 1 saturated heterocycles. The quantitative estimate of drug-likeness (QED) is 0.285. The summed E-state index contributed by atoms with van der Waals surface area (Å²) in [6.45, 7) is 7.57. The molecule has 2 atom stereocenters. The first-order valence-electron chi connectivity index (χ1n) is 11.2. The first kappa shape index (κ1) is 26.1. The highest BCUT2D eigenvalue weighted by Crippen LogP contribution is 2.22. The van der Waals surface area contributed by atoms with Crippen molar-refractivity contribution in [2.24, 2.45) is 16.8 Å². The van der Waals surface area contributed by atoms with E-state index in [9.17, 15) is 4.79 Å². The summed E-state index contributed by atoms with van der Waals surface area (Å²) in [6.07, 6.45) is 5.25. The summed E-state index contributed by atoms with van der Waals surface area (Å²) in [5.74, 6) is 2.18. The van der Waals surface area contributed by atoms with Crippen LogP contribution in [0.2, 0.25) is 0 Å². The summed E-state index contributed by atoms with van der Waals surface area (Å²) in [7, 11) is 1.79. The molecule has 1 aliphatic rings. The van der Waals surface area contributed by atoms with E-state index in [1.165, 1.54) is 11.1 Å². The molecular formula is C25H36IN5O. The van der Waals surface area contributed by atoms with Crippen molar-refractivity contribution in [1.82, 2.24) is 20.5 Å². The molecule has 1 aromatic carbocycles. The maximum absolute atomic E-state index is 12.4. The number of pyridine rings is 1. The van der Waals surface area contributed by atoms with Gasteiger partial charge in [0, 0.05) is 63.9 Å². The van der Waals surface area contributed by atoms with Crippen molar-refractivity contribution in [2.45, 2.75) is 32.6 Å². The van der Waals surface area contributed by atoms with Crippen LogP contribution >= 0.6 is 24.0 Å². The van der Waals surface area contributed by atoms with Crippen molar-refractivity contribution in [3.05, 3.63) is 66.0 Å². The Bertz CT molecular complexity index is 844. The minimum absolute atomic E-state index is 0. The Morgan fingerprint density at radius 1 is 1.19 bits per heavy atom. The van der Waals surface area contributed by atoms with Crippen LogP contribution in [-0.4, -0.2) is 55.0 Å². The molecule has 0 spiro atoms. The first-order valence-corrected chi connectivity index (χ1v) is 11.2. The molecule has 2 heterocycles. The number of benzene rings is 1. The van der Waals surface area contributed by atoms with Crippen molar-refractivity contribution >= 4 is 35.8 Å². The molecule has 1 amide bonds. The molecule has 1 aliphatic heterocycles. The Labute approximate surface area is 209 Å². The molecule has 1 aromatic heterocycles. The standard InChI is InChI=1S/C25H35N5O.HI/c1-19(2)23(22-10-7-12-27-16-22)17-29-25(26-3)28-15-21-14-24(31)30(18-21)13-11-20-8-5-4-6-9-20;/h4-10,12,16,19,21,23H,11,13-15,17-18H2,1-3H3,(H2,26,28,29);1H. The molecule has 32 heavy (non-hydrogen) atoms. The molecule has 2 N–H and O–H groups in total. The van der Waals surface area contributed by atoms with Gasteiger partial charge >= 0.3 is 0 Å². The van der Waals surface area contributed by atoms with E-state index in [2.05, 4.69) is 52.7 Å². The number of carbonyl (C=O) groups is 1. The average molecular weight is 550 g/mol. The van der Waals surface area contributed by atoms with Crippen LogP contribution in [0.3, 0.4) is 0 Å². The third kappa shape index (κ3) is 7.76. The number of nitrogens with one attached hydrogen (secondary N) is 2. The van der Waals surface area contributed by atoms with E-state index in [1.807, 2.05) is 35.4 Å². The van der Waals surface area contributed by atoms with E-state index in [0.717, 1.165) is 38.6 Å². The number of rotatable bonds is 9. The lowest BCUT2D eigenvalue weighted by Crippen LogP contribution is -2.42. The third-order valence-corrected chi connectivity index (χ3v) is 6.00. The number of hydrogen-bond donors (Lipinski definition) is 2. The molecule has 7 heteroatoms. The molecular weight excluding hydrogens is 513 g/mol. The minimum atomic E-state index is 0. The first-order chi connectivity index (χ1) is 15.1. The van der Waals surface area contributed by atoms with Gasteiger partial charge in [0.15, 0.2) is 5.96 Å². The molecule has 2 unspecified atom stereocenters. The Kier molecular flexibility index (Phi) is 10.9. The second-order valence-corrected chi connectivity index (χ2v) is 8.62. The summed E-state index contributed by atoms with van der Waals surface area (Å²) < 4.78 is 0. The largest absolute Gasteiger partial charge is 0.356 e. The van der Waals surface area contributed by atoms with Crippen molar-refractivity contribution < 1.29 is 4.79 Å². The fourth-order valence-corrected chi connectivity index (χ4v) is 4.12. The Morgan fingerprint density at radius 2 is 1.97 bits per heavy atom. The molecule has 0 radical (unpaired) electrons. The van der Waals surface area contributed by atoms with Gasteiger partial charge in [-0.3, -0.25) is 14.8 Å². The molecule has 1 fully saturated rings. The zero-order valence-electron chi connectivity index (χ0n) is 19.3. The second-order valence-electron chi connectivity index (χ2n) is 8.62. The van der Waals surface area contributed by atoms with E-state index in [-0.39, 0.29) is 29.9 Å². The van der Waals surface area contributed by atoms with Crippen LogP contribution in [0.4, 0.5) is 0 Å². The summed E-state index contributed by atoms with van der Waals surface area (Å²) in [6, 6.07) is 14.5. The summed E-state index contributed by atoms with van der Waals surface area (Å²) in [5, 5.41) is 6.87. The fraction of sp³-hybridized carbons (Fsp3) is 0.480. The van der Waals surface area contributed by atoms with E-state index < -0.39 is 0 Å². The monoisotopic (exact) mass is 549 g/mol. The Morgan fingerprint density at radius 3 is 2.62 bits per heavy atom. The molecule has 174 valence electrons. The number of halogens is 1. The highest BCUT2D eigenvalue weighted by Gasteiger charge is 2.29. The summed E-state index contributed by atoms with van der Waals surface area (Å²) in [4.78, 5) is 23.0. The van der Waals surface area contributed by atoms with Crippen molar-refractivity contribution in [3.8, 4) is 0 Å². The average Bonchev–Trinajstić information content (AvgIpc) is 3.15. The Hall–Kier alpha value is -2.16. The number of likely N-dealkylation sites (tertiary alicyclic amines) is 1. The van der Waals surface area contributed by atoms with Gasteiger partial charge in [-0.15, -0.1) is 24.0 Å². The topological polar surface area (TPSA) is 69.6 Å². The number of aromatic nitrogens is 1. The van der Waals surface area contributed by atoms with Crippen LogP contribution < -0.4 is 10.6 Å². The van der Waals surface area contributed by atoms with Gasteiger partial charge < -0.3 is 15.5 Å². The lowest BCUT2D eigenvalue weighted by atomic mass is 9.89. The van der Waals surface area contributed by atoms with Crippen LogP contribution in [0.5, 0.6) is 0 Å². The molecule has 6 nitrogen and oxygen atoms in total. The Balaban J connectivity index is 0.00000363. The lowest BCUT2D eigenvalue weighted by molar-refractivity contribution is -0.127. The van der Waals surface area contributed by atoms with E-state index in [4.69, 9.17) is 0 Å². The van der Waals surface area contributed by atoms with E-state index in [1.54, 1.807) is 13.2 Å². The maximum atomic E-state index is 12.4. The van der Waals surface area contributed by atoms with Gasteiger partial charge in [-0.05, 0) is 29.5 Å². The highest BCUT2D eigenvalue weighted by atomic mass is 127. The van der Waals surface area contributed by atoms with E-state index in [0.29, 0.717) is 24.2 Å². The van der Waals surface area contributed by atoms with Gasteiger partial charge in [-0.1, -0.05) is 50.2 Å². The van der Waals surface area contributed by atoms with Gasteiger partial charge in [-0.2, -0.15) is 0 Å². The van der Waals surface area contributed by atoms with Gasteiger partial charge in [0.05, 0.1) is 0 Å². The number of carbonyl (C=O) groups excluding carboxylic acids is 1. The van der Waals surface area contributed by atoms with Gasteiger partial charge in [0.25, 0.3) is 0 Å². The number of nitrogens with zero attached hydrogens (tertiary/aromatic N) is 3. The van der Waals surface area contributed by atoms with Crippen molar-refractivity contribution in [2.75, 3.05) is 33.2 Å². The smallest absolute Gasteiger partial charge is 0.223 e. The molecule has 0 saturated carbocycles. The number of aliphatic imine (C=N–C) groups is 1. The minimum Gasteiger partial charge on any atom is -0.356 e. The highest BCUT2D eigenvalue weighted by molar-refractivity contribution is 14.0. The van der Waals surface area contributed by atoms with Crippen molar-refractivity contribution in [3.63, 3.8) is 0 Å². The normalized spacial score (nSPS) is 17.2.